The van der Waals surface area contributed by atoms with E-state index in [1.54, 1.807) is 18.2 Å². The number of hydrogen-bond donors (Lipinski definition) is 2. The summed E-state index contributed by atoms with van der Waals surface area (Å²) in [5.41, 5.74) is 2.26. The van der Waals surface area contributed by atoms with E-state index < -0.39 is 0 Å². The molecule has 2 N–H and O–H groups in total. The van der Waals surface area contributed by atoms with E-state index in [2.05, 4.69) is 16.7 Å². The van der Waals surface area contributed by atoms with Crippen LogP contribution in [0.4, 0.5) is 11.4 Å². The largest absolute Gasteiger partial charge is 0.380 e. The molecule has 0 bridgehead atoms. The summed E-state index contributed by atoms with van der Waals surface area (Å²) in [4.78, 5) is 12.0. The Morgan fingerprint density at radius 2 is 2.18 bits per heavy atom. The number of hydrogen-bond acceptors (Lipinski definition) is 3. The van der Waals surface area contributed by atoms with Crippen LogP contribution in [0.15, 0.2) is 18.2 Å². The third kappa shape index (κ3) is 1.64. The van der Waals surface area contributed by atoms with E-state index in [1.165, 1.54) is 0 Å². The molecule has 1 aromatic carbocycles. The Labute approximate surface area is 99.6 Å². The molecule has 0 radical (unpaired) electrons. The van der Waals surface area contributed by atoms with Gasteiger partial charge in [-0.05, 0) is 31.0 Å². The second-order valence-corrected chi connectivity index (χ2v) is 4.65. The Bertz CT molecular complexity index is 518. The van der Waals surface area contributed by atoms with E-state index >= 15 is 0 Å². The maximum atomic E-state index is 12.0. The predicted octanol–water partition coefficient (Wildman–Crippen LogP) is 2.09. The average molecular weight is 227 g/mol. The quantitative estimate of drug-likeness (QED) is 0.713. The molecule has 1 fully saturated rings. The minimum absolute atomic E-state index is 0.0629. The van der Waals surface area contributed by atoms with Crippen molar-refractivity contribution in [3.8, 4) is 6.07 Å². The number of carbonyl (C=O) groups is 1. The molecule has 0 spiro atoms. The fourth-order valence-electron chi connectivity index (χ4n) is 2.71. The minimum Gasteiger partial charge on any atom is -0.380 e. The fourth-order valence-corrected chi connectivity index (χ4v) is 2.71. The van der Waals surface area contributed by atoms with Crippen molar-refractivity contribution < 1.29 is 4.79 Å². The maximum Gasteiger partial charge on any atom is 0.229 e. The first-order valence-electron chi connectivity index (χ1n) is 5.89. The van der Waals surface area contributed by atoms with Crippen LogP contribution in [0.25, 0.3) is 0 Å². The number of fused-ring (bicyclic) bond motifs is 2. The van der Waals surface area contributed by atoms with Crippen molar-refractivity contribution in [3.63, 3.8) is 0 Å². The summed E-state index contributed by atoms with van der Waals surface area (Å²) in [6.45, 7) is 0. The molecule has 2 unspecified atom stereocenters. The zero-order valence-corrected chi connectivity index (χ0v) is 9.36. The van der Waals surface area contributed by atoms with Crippen LogP contribution >= 0.6 is 0 Å². The Kier molecular flexibility index (Phi) is 2.25. The summed E-state index contributed by atoms with van der Waals surface area (Å²) in [6.07, 6.45) is 3.06. The lowest BCUT2D eigenvalue weighted by Gasteiger charge is -2.16. The molecule has 2 aliphatic rings. The van der Waals surface area contributed by atoms with E-state index in [9.17, 15) is 4.79 Å². The fraction of sp³-hybridized carbons (Fsp3) is 0.385. The van der Waals surface area contributed by atoms with Gasteiger partial charge in [-0.15, -0.1) is 0 Å². The van der Waals surface area contributed by atoms with Gasteiger partial charge in [0.15, 0.2) is 0 Å². The Hall–Kier alpha value is -2.02. The van der Waals surface area contributed by atoms with E-state index in [0.29, 0.717) is 5.56 Å². The number of nitrogens with zero attached hydrogens (tertiary/aromatic N) is 1. The highest BCUT2D eigenvalue weighted by molar-refractivity contribution is 5.98. The molecule has 1 heterocycles. The van der Waals surface area contributed by atoms with Gasteiger partial charge in [-0.3, -0.25) is 4.79 Å². The van der Waals surface area contributed by atoms with Gasteiger partial charge in [-0.1, -0.05) is 6.42 Å². The molecule has 0 aromatic heterocycles. The maximum absolute atomic E-state index is 12.0. The number of rotatable bonds is 0. The van der Waals surface area contributed by atoms with E-state index in [-0.39, 0.29) is 17.9 Å². The van der Waals surface area contributed by atoms with Crippen LogP contribution in [-0.2, 0) is 4.79 Å². The van der Waals surface area contributed by atoms with Crippen molar-refractivity contribution in [2.75, 3.05) is 10.6 Å². The average Bonchev–Trinajstić information content (AvgIpc) is 2.75. The topological polar surface area (TPSA) is 64.9 Å². The number of anilines is 2. The normalized spacial score (nSPS) is 25.9. The molecule has 4 nitrogen and oxygen atoms in total. The Morgan fingerprint density at radius 1 is 1.29 bits per heavy atom. The Balaban J connectivity index is 2.02. The third-order valence-electron chi connectivity index (χ3n) is 3.60. The predicted molar refractivity (Wildman–Crippen MR) is 64.5 cm³/mol. The van der Waals surface area contributed by atoms with Crippen LogP contribution in [0.1, 0.15) is 24.8 Å². The first-order valence-corrected chi connectivity index (χ1v) is 5.89. The Morgan fingerprint density at radius 3 is 3.00 bits per heavy atom. The first-order chi connectivity index (χ1) is 8.28. The highest BCUT2D eigenvalue weighted by atomic mass is 16.2. The highest BCUT2D eigenvalue weighted by Gasteiger charge is 2.35. The number of nitriles is 1. The first kappa shape index (κ1) is 10.2. The second-order valence-electron chi connectivity index (χ2n) is 4.65. The molecular formula is C13H13N3O. The minimum atomic E-state index is 0.0629. The smallest absolute Gasteiger partial charge is 0.229 e. The molecule has 1 aliphatic heterocycles. The van der Waals surface area contributed by atoms with Gasteiger partial charge >= 0.3 is 0 Å². The molecule has 0 saturated heterocycles. The van der Waals surface area contributed by atoms with Crippen molar-refractivity contribution in [1.82, 2.24) is 0 Å². The van der Waals surface area contributed by atoms with E-state index in [0.717, 1.165) is 30.6 Å². The number of carbonyl (C=O) groups excluding carboxylic acids is 1. The van der Waals surface area contributed by atoms with Gasteiger partial charge in [0.05, 0.1) is 28.9 Å². The van der Waals surface area contributed by atoms with E-state index in [1.807, 2.05) is 0 Å². The molecule has 1 aromatic rings. The zero-order valence-electron chi connectivity index (χ0n) is 9.36. The third-order valence-corrected chi connectivity index (χ3v) is 3.60. The monoisotopic (exact) mass is 227 g/mol. The molecule has 1 aliphatic carbocycles. The van der Waals surface area contributed by atoms with Crippen LogP contribution in [0.3, 0.4) is 0 Å². The van der Waals surface area contributed by atoms with Gasteiger partial charge in [-0.25, -0.2) is 0 Å². The zero-order chi connectivity index (χ0) is 11.8. The lowest BCUT2D eigenvalue weighted by atomic mass is 10.0. The molecule has 2 atom stereocenters. The molecule has 1 saturated carbocycles. The van der Waals surface area contributed by atoms with Crippen LogP contribution in [0, 0.1) is 17.2 Å². The lowest BCUT2D eigenvalue weighted by molar-refractivity contribution is -0.119. The van der Waals surface area contributed by atoms with E-state index in [4.69, 9.17) is 5.26 Å². The number of benzene rings is 1. The van der Waals surface area contributed by atoms with Crippen molar-refractivity contribution in [1.29, 1.82) is 5.26 Å². The molecular weight excluding hydrogens is 214 g/mol. The van der Waals surface area contributed by atoms with Gasteiger partial charge < -0.3 is 10.6 Å². The van der Waals surface area contributed by atoms with Crippen LogP contribution < -0.4 is 10.6 Å². The summed E-state index contributed by atoms with van der Waals surface area (Å²) in [6, 6.07) is 7.65. The van der Waals surface area contributed by atoms with Crippen molar-refractivity contribution >= 4 is 17.3 Å². The van der Waals surface area contributed by atoms with Crippen LogP contribution in [-0.4, -0.2) is 11.9 Å². The van der Waals surface area contributed by atoms with Gasteiger partial charge in [0.1, 0.15) is 0 Å². The lowest BCUT2D eigenvalue weighted by Crippen LogP contribution is -2.30. The molecule has 3 rings (SSSR count). The van der Waals surface area contributed by atoms with Crippen LogP contribution in [0.2, 0.25) is 0 Å². The number of amides is 1. The molecule has 4 heteroatoms. The second kappa shape index (κ2) is 3.77. The van der Waals surface area contributed by atoms with Gasteiger partial charge in [0.25, 0.3) is 0 Å². The van der Waals surface area contributed by atoms with Gasteiger partial charge in [0.2, 0.25) is 5.91 Å². The summed E-state index contributed by atoms with van der Waals surface area (Å²) in [7, 11) is 0. The van der Waals surface area contributed by atoms with Crippen molar-refractivity contribution in [2.24, 2.45) is 5.92 Å². The molecule has 86 valence electrons. The van der Waals surface area contributed by atoms with Crippen molar-refractivity contribution in [3.05, 3.63) is 23.8 Å². The SMILES string of the molecule is N#Cc1ccc2c(c1)NC1CCCC1C(=O)N2. The molecule has 17 heavy (non-hydrogen) atoms. The molecule has 1 amide bonds. The summed E-state index contributed by atoms with van der Waals surface area (Å²) in [5.74, 6) is 0.163. The summed E-state index contributed by atoms with van der Waals surface area (Å²) >= 11 is 0. The van der Waals surface area contributed by atoms with Crippen molar-refractivity contribution in [2.45, 2.75) is 25.3 Å². The standard InChI is InChI=1S/C13H13N3O/c14-7-8-4-5-11-12(6-8)15-10-3-1-2-9(10)13(17)16-11/h4-6,9-10,15H,1-3H2,(H,16,17). The van der Waals surface area contributed by atoms with Gasteiger partial charge in [-0.2, -0.15) is 5.26 Å². The summed E-state index contributed by atoms with van der Waals surface area (Å²) < 4.78 is 0. The summed E-state index contributed by atoms with van der Waals surface area (Å²) in [5, 5.41) is 15.2. The van der Waals surface area contributed by atoms with Crippen LogP contribution in [0.5, 0.6) is 0 Å². The number of nitrogens with one attached hydrogen (secondary N) is 2. The highest BCUT2D eigenvalue weighted by Crippen LogP contribution is 2.35. The van der Waals surface area contributed by atoms with Gasteiger partial charge in [0, 0.05) is 6.04 Å².